The van der Waals surface area contributed by atoms with Crippen LogP contribution >= 0.6 is 0 Å². The van der Waals surface area contributed by atoms with Crippen LogP contribution in [0.25, 0.3) is 0 Å². The summed E-state index contributed by atoms with van der Waals surface area (Å²) in [6, 6.07) is 5.31. The van der Waals surface area contributed by atoms with Crippen molar-refractivity contribution in [2.24, 2.45) is 0 Å². The number of nitrogens with zero attached hydrogens (tertiary/aromatic N) is 1. The van der Waals surface area contributed by atoms with Crippen LogP contribution in [-0.4, -0.2) is 37.7 Å². The molecule has 1 aliphatic heterocycles. The van der Waals surface area contributed by atoms with Gasteiger partial charge < -0.3 is 10.1 Å². The van der Waals surface area contributed by atoms with E-state index in [1.165, 1.54) is 0 Å². The Morgan fingerprint density at radius 1 is 1.32 bits per heavy atom. The van der Waals surface area contributed by atoms with E-state index < -0.39 is 0 Å². The Bertz CT molecular complexity index is 428. The first-order valence-corrected chi connectivity index (χ1v) is 6.94. The molecule has 19 heavy (non-hydrogen) atoms. The zero-order valence-corrected chi connectivity index (χ0v) is 12.0. The van der Waals surface area contributed by atoms with Crippen LogP contribution in [-0.2, 0) is 5.54 Å². The van der Waals surface area contributed by atoms with Crippen LogP contribution in [0, 0.1) is 5.82 Å². The minimum Gasteiger partial charge on any atom is -0.491 e. The zero-order valence-electron chi connectivity index (χ0n) is 12.0. The topological polar surface area (TPSA) is 24.5 Å². The Morgan fingerprint density at radius 3 is 2.58 bits per heavy atom. The summed E-state index contributed by atoms with van der Waals surface area (Å²) in [6.07, 6.45) is 0. The molecule has 4 heteroatoms. The molecule has 1 N–H and O–H groups in total. The van der Waals surface area contributed by atoms with E-state index in [4.69, 9.17) is 4.74 Å². The molecule has 0 bridgehead atoms. The lowest BCUT2D eigenvalue weighted by Crippen LogP contribution is -2.51. The summed E-state index contributed by atoms with van der Waals surface area (Å²) in [5, 5.41) is 3.34. The van der Waals surface area contributed by atoms with Gasteiger partial charge in [0.25, 0.3) is 0 Å². The highest BCUT2D eigenvalue weighted by Crippen LogP contribution is 2.30. The molecule has 1 aromatic rings. The van der Waals surface area contributed by atoms with Gasteiger partial charge in [0.05, 0.1) is 6.61 Å². The smallest absolute Gasteiger partial charge is 0.165 e. The van der Waals surface area contributed by atoms with E-state index in [0.29, 0.717) is 12.4 Å². The Labute approximate surface area is 114 Å². The fourth-order valence-corrected chi connectivity index (χ4v) is 2.56. The quantitative estimate of drug-likeness (QED) is 0.905. The van der Waals surface area contributed by atoms with Crippen molar-refractivity contribution in [2.75, 3.05) is 32.8 Å². The molecule has 0 unspecified atom stereocenters. The van der Waals surface area contributed by atoms with Crippen LogP contribution in [0.5, 0.6) is 5.75 Å². The number of ether oxygens (including phenoxy) is 1. The minimum absolute atomic E-state index is 0.159. The van der Waals surface area contributed by atoms with E-state index in [1.807, 2.05) is 13.0 Å². The predicted octanol–water partition coefficient (Wildman–Crippen LogP) is 2.36. The van der Waals surface area contributed by atoms with E-state index in [0.717, 1.165) is 31.7 Å². The van der Waals surface area contributed by atoms with Gasteiger partial charge in [0.2, 0.25) is 0 Å². The highest BCUT2D eigenvalue weighted by Gasteiger charge is 2.30. The van der Waals surface area contributed by atoms with Gasteiger partial charge in [-0.1, -0.05) is 6.07 Å². The predicted molar refractivity (Wildman–Crippen MR) is 75.0 cm³/mol. The van der Waals surface area contributed by atoms with Crippen molar-refractivity contribution in [2.45, 2.75) is 26.3 Å². The second-order valence-electron chi connectivity index (χ2n) is 5.37. The summed E-state index contributed by atoms with van der Waals surface area (Å²) < 4.78 is 19.2. The number of halogens is 1. The van der Waals surface area contributed by atoms with Crippen molar-refractivity contribution in [3.05, 3.63) is 29.6 Å². The number of nitrogens with one attached hydrogen (secondary N) is 1. The van der Waals surface area contributed by atoms with E-state index in [9.17, 15) is 4.39 Å². The van der Waals surface area contributed by atoms with Gasteiger partial charge in [-0.05, 0) is 38.5 Å². The maximum absolute atomic E-state index is 14.0. The van der Waals surface area contributed by atoms with Crippen molar-refractivity contribution in [1.29, 1.82) is 0 Å². The van der Waals surface area contributed by atoms with Crippen LogP contribution in [0.15, 0.2) is 18.2 Å². The van der Waals surface area contributed by atoms with Gasteiger partial charge >= 0.3 is 0 Å². The molecule has 1 aromatic carbocycles. The molecule has 0 radical (unpaired) electrons. The fourth-order valence-electron chi connectivity index (χ4n) is 2.56. The van der Waals surface area contributed by atoms with Gasteiger partial charge in [-0.15, -0.1) is 0 Å². The maximum atomic E-state index is 14.0. The molecular weight excluding hydrogens is 243 g/mol. The van der Waals surface area contributed by atoms with Crippen molar-refractivity contribution in [3.63, 3.8) is 0 Å². The Hall–Kier alpha value is -1.13. The van der Waals surface area contributed by atoms with Gasteiger partial charge in [0.1, 0.15) is 0 Å². The molecule has 0 aliphatic carbocycles. The lowest BCUT2D eigenvalue weighted by atomic mass is 9.91. The van der Waals surface area contributed by atoms with E-state index in [-0.39, 0.29) is 11.4 Å². The summed E-state index contributed by atoms with van der Waals surface area (Å²) in [4.78, 5) is 2.39. The Kier molecular flexibility index (Phi) is 4.42. The summed E-state index contributed by atoms with van der Waals surface area (Å²) in [7, 11) is 0. The third kappa shape index (κ3) is 3.07. The highest BCUT2D eigenvalue weighted by molar-refractivity contribution is 5.33. The molecule has 1 fully saturated rings. The summed E-state index contributed by atoms with van der Waals surface area (Å²) in [6.45, 7) is 10.6. The first-order chi connectivity index (χ1) is 9.05. The number of rotatable bonds is 4. The lowest BCUT2D eigenvalue weighted by Gasteiger charge is -2.41. The third-order valence-electron chi connectivity index (χ3n) is 3.85. The second-order valence-corrected chi connectivity index (χ2v) is 5.37. The number of benzene rings is 1. The molecule has 106 valence electrons. The maximum Gasteiger partial charge on any atom is 0.165 e. The van der Waals surface area contributed by atoms with Gasteiger partial charge in [-0.25, -0.2) is 4.39 Å². The van der Waals surface area contributed by atoms with Gasteiger partial charge in [-0.2, -0.15) is 0 Å². The molecular formula is C15H23FN2O. The Morgan fingerprint density at radius 2 is 2.00 bits per heavy atom. The molecule has 0 saturated carbocycles. The third-order valence-corrected chi connectivity index (χ3v) is 3.85. The molecule has 0 spiro atoms. The first kappa shape index (κ1) is 14.3. The summed E-state index contributed by atoms with van der Waals surface area (Å²) in [5.74, 6) is 0.0601. The molecule has 1 aliphatic rings. The molecule has 1 saturated heterocycles. The van der Waals surface area contributed by atoms with Crippen molar-refractivity contribution >= 4 is 0 Å². The minimum atomic E-state index is -0.275. The zero-order chi connectivity index (χ0) is 13.9. The number of hydrogen-bond acceptors (Lipinski definition) is 3. The van der Waals surface area contributed by atoms with Crippen molar-refractivity contribution in [1.82, 2.24) is 10.2 Å². The average molecular weight is 266 g/mol. The van der Waals surface area contributed by atoms with E-state index in [1.54, 1.807) is 12.1 Å². The van der Waals surface area contributed by atoms with Crippen LogP contribution in [0.3, 0.4) is 0 Å². The van der Waals surface area contributed by atoms with Gasteiger partial charge in [0.15, 0.2) is 11.6 Å². The number of hydrogen-bond donors (Lipinski definition) is 1. The molecule has 2 rings (SSSR count). The molecule has 1 heterocycles. The molecule has 0 aromatic heterocycles. The van der Waals surface area contributed by atoms with Crippen LogP contribution in [0.2, 0.25) is 0 Å². The Balaban J connectivity index is 2.21. The van der Waals surface area contributed by atoms with E-state index in [2.05, 4.69) is 24.1 Å². The van der Waals surface area contributed by atoms with E-state index >= 15 is 0 Å². The first-order valence-electron chi connectivity index (χ1n) is 6.94. The average Bonchev–Trinajstić information content (AvgIpc) is 2.42. The van der Waals surface area contributed by atoms with Crippen molar-refractivity contribution < 1.29 is 9.13 Å². The lowest BCUT2D eigenvalue weighted by molar-refractivity contribution is 0.102. The summed E-state index contributed by atoms with van der Waals surface area (Å²) in [5.41, 5.74) is 0.837. The fraction of sp³-hybridized carbons (Fsp3) is 0.600. The second kappa shape index (κ2) is 5.88. The van der Waals surface area contributed by atoms with Gasteiger partial charge in [0, 0.05) is 31.7 Å². The number of piperazine rings is 1. The SMILES string of the molecule is CCOc1ccc(C(C)(C)N2CCNCC2)cc1F. The molecule has 0 atom stereocenters. The normalized spacial score (nSPS) is 17.5. The summed E-state index contributed by atoms with van der Waals surface area (Å²) >= 11 is 0. The van der Waals surface area contributed by atoms with Gasteiger partial charge in [-0.3, -0.25) is 4.90 Å². The van der Waals surface area contributed by atoms with Crippen LogP contribution in [0.4, 0.5) is 4.39 Å². The standard InChI is InChI=1S/C15H23FN2O/c1-4-19-14-6-5-12(11-13(14)16)15(2,3)18-9-7-17-8-10-18/h5-6,11,17H,4,7-10H2,1-3H3. The highest BCUT2D eigenvalue weighted by atomic mass is 19.1. The van der Waals surface area contributed by atoms with Crippen LogP contribution < -0.4 is 10.1 Å². The molecule has 0 amide bonds. The van der Waals surface area contributed by atoms with Crippen LogP contribution in [0.1, 0.15) is 26.3 Å². The van der Waals surface area contributed by atoms with Crippen molar-refractivity contribution in [3.8, 4) is 5.75 Å². The molecule has 3 nitrogen and oxygen atoms in total. The largest absolute Gasteiger partial charge is 0.491 e. The monoisotopic (exact) mass is 266 g/mol.